The van der Waals surface area contributed by atoms with E-state index in [1.807, 2.05) is 0 Å². The van der Waals surface area contributed by atoms with Gasteiger partial charge in [-0.1, -0.05) is 56.0 Å². The van der Waals surface area contributed by atoms with Crippen molar-refractivity contribution in [2.45, 2.75) is 53.0 Å². The van der Waals surface area contributed by atoms with Crippen LogP contribution in [-0.4, -0.2) is 7.05 Å². The first kappa shape index (κ1) is 14.2. The highest BCUT2D eigenvalue weighted by atomic mass is 14.9. The van der Waals surface area contributed by atoms with Gasteiger partial charge in [0.25, 0.3) is 0 Å². The van der Waals surface area contributed by atoms with E-state index in [1.165, 1.54) is 36.0 Å². The smallest absolute Gasteiger partial charge is 0.0343 e. The van der Waals surface area contributed by atoms with Crippen molar-refractivity contribution in [2.75, 3.05) is 7.05 Å². The molecule has 0 fully saturated rings. The quantitative estimate of drug-likeness (QED) is 0.768. The lowest BCUT2D eigenvalue weighted by Crippen LogP contribution is -2.23. The Hall–Kier alpha value is -0.820. The van der Waals surface area contributed by atoms with Gasteiger partial charge >= 0.3 is 0 Å². The third-order valence-corrected chi connectivity index (χ3v) is 3.50. The van der Waals surface area contributed by atoms with Gasteiger partial charge in [0.15, 0.2) is 0 Å². The maximum atomic E-state index is 3.48. The highest BCUT2D eigenvalue weighted by molar-refractivity contribution is 5.31. The Labute approximate surface area is 107 Å². The lowest BCUT2D eigenvalue weighted by Gasteiger charge is -2.24. The first-order valence-corrected chi connectivity index (χ1v) is 6.84. The number of nitrogens with one attached hydrogen (secondary N) is 1. The Morgan fingerprint density at radius 2 is 1.71 bits per heavy atom. The maximum Gasteiger partial charge on any atom is 0.0343 e. The topological polar surface area (TPSA) is 12.0 Å². The maximum absolute atomic E-state index is 3.48. The molecule has 2 atom stereocenters. The molecule has 2 unspecified atom stereocenters. The van der Waals surface area contributed by atoms with Crippen LogP contribution in [0.5, 0.6) is 0 Å². The van der Waals surface area contributed by atoms with Crippen LogP contribution in [0.15, 0.2) is 18.2 Å². The van der Waals surface area contributed by atoms with E-state index < -0.39 is 0 Å². The molecule has 0 radical (unpaired) electrons. The Kier molecular flexibility index (Phi) is 5.70. The fraction of sp³-hybridized carbons (Fsp3) is 0.625. The van der Waals surface area contributed by atoms with E-state index >= 15 is 0 Å². The van der Waals surface area contributed by atoms with E-state index in [9.17, 15) is 0 Å². The third kappa shape index (κ3) is 4.16. The summed E-state index contributed by atoms with van der Waals surface area (Å²) >= 11 is 0. The van der Waals surface area contributed by atoms with Crippen LogP contribution in [0.1, 0.15) is 55.8 Å². The normalized spacial score (nSPS) is 14.6. The molecule has 0 aromatic heterocycles. The van der Waals surface area contributed by atoms with Crippen LogP contribution >= 0.6 is 0 Å². The largest absolute Gasteiger partial charge is 0.313 e. The molecule has 96 valence electrons. The highest BCUT2D eigenvalue weighted by Gasteiger charge is 2.17. The number of aryl methyl sites for hydroxylation is 2. The monoisotopic (exact) mass is 233 g/mol. The van der Waals surface area contributed by atoms with E-state index in [2.05, 4.69) is 58.3 Å². The Morgan fingerprint density at radius 3 is 2.18 bits per heavy atom. The average Bonchev–Trinajstić information content (AvgIpc) is 2.26. The molecule has 0 bridgehead atoms. The van der Waals surface area contributed by atoms with Crippen molar-refractivity contribution in [3.63, 3.8) is 0 Å². The molecular formula is C16H27N. The fourth-order valence-corrected chi connectivity index (χ4v) is 2.66. The summed E-state index contributed by atoms with van der Waals surface area (Å²) < 4.78 is 0. The van der Waals surface area contributed by atoms with Crippen molar-refractivity contribution in [2.24, 2.45) is 5.92 Å². The molecule has 0 saturated heterocycles. The summed E-state index contributed by atoms with van der Waals surface area (Å²) in [5.74, 6) is 0.696. The zero-order valence-corrected chi connectivity index (χ0v) is 12.0. The minimum Gasteiger partial charge on any atom is -0.313 e. The summed E-state index contributed by atoms with van der Waals surface area (Å²) in [6.07, 6.45) is 3.91. The SMILES string of the molecule is CCCCC(C)C(NC)c1cc(C)cc(C)c1. The predicted octanol–water partition coefficient (Wildman–Crippen LogP) is 4.39. The van der Waals surface area contributed by atoms with Gasteiger partial charge in [-0.3, -0.25) is 0 Å². The Balaban J connectivity index is 2.84. The molecule has 0 saturated carbocycles. The standard InChI is InChI=1S/C16H27N/c1-6-7-8-14(4)16(17-5)15-10-12(2)9-13(3)11-15/h9-11,14,16-17H,6-8H2,1-5H3. The molecule has 0 heterocycles. The molecule has 0 aliphatic carbocycles. The summed E-state index contributed by atoms with van der Waals surface area (Å²) in [5, 5.41) is 3.48. The van der Waals surface area contributed by atoms with E-state index in [4.69, 9.17) is 0 Å². The van der Waals surface area contributed by atoms with Crippen molar-refractivity contribution < 1.29 is 0 Å². The van der Waals surface area contributed by atoms with Crippen LogP contribution < -0.4 is 5.32 Å². The predicted molar refractivity (Wildman–Crippen MR) is 76.4 cm³/mol. The number of rotatable bonds is 6. The number of unbranched alkanes of at least 4 members (excludes halogenated alkanes) is 1. The Bertz CT molecular complexity index is 323. The van der Waals surface area contributed by atoms with E-state index in [0.717, 1.165) is 0 Å². The van der Waals surface area contributed by atoms with Crippen molar-refractivity contribution in [1.82, 2.24) is 5.32 Å². The fourth-order valence-electron chi connectivity index (χ4n) is 2.66. The molecular weight excluding hydrogens is 206 g/mol. The zero-order valence-electron chi connectivity index (χ0n) is 12.0. The summed E-state index contributed by atoms with van der Waals surface area (Å²) in [7, 11) is 2.07. The molecule has 1 aromatic carbocycles. The van der Waals surface area contributed by atoms with Crippen LogP contribution in [0.25, 0.3) is 0 Å². The lowest BCUT2D eigenvalue weighted by atomic mass is 9.89. The summed E-state index contributed by atoms with van der Waals surface area (Å²) in [5.41, 5.74) is 4.17. The van der Waals surface area contributed by atoms with Gasteiger partial charge in [-0.25, -0.2) is 0 Å². The molecule has 1 aromatic rings. The van der Waals surface area contributed by atoms with E-state index in [-0.39, 0.29) is 0 Å². The summed E-state index contributed by atoms with van der Waals surface area (Å²) in [4.78, 5) is 0. The lowest BCUT2D eigenvalue weighted by molar-refractivity contribution is 0.376. The van der Waals surface area contributed by atoms with Gasteiger partial charge in [0.05, 0.1) is 0 Å². The van der Waals surface area contributed by atoms with Crippen LogP contribution in [-0.2, 0) is 0 Å². The first-order chi connectivity index (χ1) is 8.08. The molecule has 17 heavy (non-hydrogen) atoms. The minimum atomic E-state index is 0.486. The van der Waals surface area contributed by atoms with Gasteiger partial charge < -0.3 is 5.32 Å². The molecule has 1 rings (SSSR count). The second-order valence-corrected chi connectivity index (χ2v) is 5.31. The third-order valence-electron chi connectivity index (χ3n) is 3.50. The van der Waals surface area contributed by atoms with Crippen molar-refractivity contribution >= 4 is 0 Å². The Morgan fingerprint density at radius 1 is 1.12 bits per heavy atom. The van der Waals surface area contributed by atoms with E-state index in [1.54, 1.807) is 0 Å². The molecule has 0 spiro atoms. The highest BCUT2D eigenvalue weighted by Crippen LogP contribution is 2.27. The molecule has 1 N–H and O–H groups in total. The molecule has 1 nitrogen and oxygen atoms in total. The number of hydrogen-bond donors (Lipinski definition) is 1. The molecule has 1 heteroatoms. The second-order valence-electron chi connectivity index (χ2n) is 5.31. The summed E-state index contributed by atoms with van der Waals surface area (Å²) in [6, 6.07) is 7.36. The van der Waals surface area contributed by atoms with Crippen LogP contribution in [0.3, 0.4) is 0 Å². The zero-order chi connectivity index (χ0) is 12.8. The average molecular weight is 233 g/mol. The molecule has 0 aliphatic heterocycles. The van der Waals surface area contributed by atoms with Gasteiger partial charge in [-0.05, 0) is 38.8 Å². The molecule has 0 amide bonds. The van der Waals surface area contributed by atoms with Crippen LogP contribution in [0.2, 0.25) is 0 Å². The first-order valence-electron chi connectivity index (χ1n) is 6.84. The van der Waals surface area contributed by atoms with Gasteiger partial charge in [-0.15, -0.1) is 0 Å². The number of hydrogen-bond acceptors (Lipinski definition) is 1. The van der Waals surface area contributed by atoms with Gasteiger partial charge in [0.1, 0.15) is 0 Å². The van der Waals surface area contributed by atoms with Crippen molar-refractivity contribution in [1.29, 1.82) is 0 Å². The minimum absolute atomic E-state index is 0.486. The van der Waals surface area contributed by atoms with Crippen LogP contribution in [0, 0.1) is 19.8 Å². The number of benzene rings is 1. The second kappa shape index (κ2) is 6.80. The van der Waals surface area contributed by atoms with Crippen molar-refractivity contribution in [3.05, 3.63) is 34.9 Å². The summed E-state index contributed by atoms with van der Waals surface area (Å²) in [6.45, 7) is 8.98. The van der Waals surface area contributed by atoms with Crippen LogP contribution in [0.4, 0.5) is 0 Å². The molecule has 0 aliphatic rings. The van der Waals surface area contributed by atoms with Gasteiger partial charge in [0.2, 0.25) is 0 Å². The van der Waals surface area contributed by atoms with Gasteiger partial charge in [0, 0.05) is 6.04 Å². The van der Waals surface area contributed by atoms with E-state index in [0.29, 0.717) is 12.0 Å². The van der Waals surface area contributed by atoms with Crippen molar-refractivity contribution in [3.8, 4) is 0 Å². The van der Waals surface area contributed by atoms with Gasteiger partial charge in [-0.2, -0.15) is 0 Å².